The number of rotatable bonds is 45. The van der Waals surface area contributed by atoms with Crippen LogP contribution >= 0.6 is 0 Å². The summed E-state index contributed by atoms with van der Waals surface area (Å²) in [7, 11) is 0. The first-order valence-electron chi connectivity index (χ1n) is 24.9. The van der Waals surface area contributed by atoms with Crippen molar-refractivity contribution in [1.82, 2.24) is 0 Å². The van der Waals surface area contributed by atoms with Gasteiger partial charge < -0.3 is 14.2 Å². The van der Waals surface area contributed by atoms with Gasteiger partial charge >= 0.3 is 17.9 Å². The lowest BCUT2D eigenvalue weighted by Crippen LogP contribution is -2.30. The van der Waals surface area contributed by atoms with Gasteiger partial charge in [0.2, 0.25) is 0 Å². The third-order valence-electron chi connectivity index (χ3n) is 11.3. The predicted molar refractivity (Wildman–Crippen MR) is 238 cm³/mol. The van der Waals surface area contributed by atoms with E-state index in [0.29, 0.717) is 19.3 Å². The molecule has 0 rings (SSSR count). The minimum Gasteiger partial charge on any atom is -0.462 e. The molecule has 1 atom stereocenters. The van der Waals surface area contributed by atoms with Crippen molar-refractivity contribution in [2.24, 2.45) is 5.92 Å². The van der Waals surface area contributed by atoms with E-state index in [1.165, 1.54) is 173 Å². The smallest absolute Gasteiger partial charge is 0.306 e. The summed E-state index contributed by atoms with van der Waals surface area (Å²) in [5, 5.41) is 0. The van der Waals surface area contributed by atoms with Gasteiger partial charge in [0.15, 0.2) is 6.10 Å². The van der Waals surface area contributed by atoms with E-state index < -0.39 is 6.10 Å². The molecule has 6 nitrogen and oxygen atoms in total. The number of carbonyl (C=O) groups excluding carboxylic acids is 3. The molecule has 0 aromatic rings. The normalized spacial score (nSPS) is 11.9. The molecule has 332 valence electrons. The predicted octanol–water partition coefficient (Wildman–Crippen LogP) is 15.9. The molecule has 0 saturated heterocycles. The van der Waals surface area contributed by atoms with Crippen molar-refractivity contribution in [2.45, 2.75) is 284 Å². The van der Waals surface area contributed by atoms with Crippen molar-refractivity contribution >= 4 is 17.9 Å². The molecule has 0 aliphatic carbocycles. The van der Waals surface area contributed by atoms with Crippen LogP contribution < -0.4 is 0 Å². The van der Waals surface area contributed by atoms with E-state index in [1.807, 2.05) is 0 Å². The molecule has 0 bridgehead atoms. The van der Waals surface area contributed by atoms with E-state index in [-0.39, 0.29) is 31.1 Å². The molecule has 0 aromatic carbocycles. The second-order valence-corrected chi connectivity index (χ2v) is 17.6. The third kappa shape index (κ3) is 43.5. The van der Waals surface area contributed by atoms with Gasteiger partial charge in [-0.15, -0.1) is 0 Å². The summed E-state index contributed by atoms with van der Waals surface area (Å²) < 4.78 is 16.7. The van der Waals surface area contributed by atoms with Crippen LogP contribution in [0.15, 0.2) is 0 Å². The number of hydrogen-bond acceptors (Lipinski definition) is 6. The van der Waals surface area contributed by atoms with E-state index >= 15 is 0 Å². The zero-order valence-corrected chi connectivity index (χ0v) is 38.1. The van der Waals surface area contributed by atoms with E-state index in [1.54, 1.807) is 0 Å². The van der Waals surface area contributed by atoms with Gasteiger partial charge in [0, 0.05) is 19.3 Å². The molecule has 0 radical (unpaired) electrons. The largest absolute Gasteiger partial charge is 0.462 e. The lowest BCUT2D eigenvalue weighted by Gasteiger charge is -2.18. The van der Waals surface area contributed by atoms with E-state index in [0.717, 1.165) is 63.7 Å². The Morgan fingerprint density at radius 1 is 0.339 bits per heavy atom. The van der Waals surface area contributed by atoms with Crippen LogP contribution in [0.5, 0.6) is 0 Å². The van der Waals surface area contributed by atoms with Crippen LogP contribution in [0.3, 0.4) is 0 Å². The first kappa shape index (κ1) is 54.4. The van der Waals surface area contributed by atoms with E-state index in [2.05, 4.69) is 27.7 Å². The maximum Gasteiger partial charge on any atom is 0.306 e. The Morgan fingerprint density at radius 3 is 0.875 bits per heavy atom. The lowest BCUT2D eigenvalue weighted by molar-refractivity contribution is -0.167. The molecule has 56 heavy (non-hydrogen) atoms. The van der Waals surface area contributed by atoms with Gasteiger partial charge in [0.1, 0.15) is 13.2 Å². The average Bonchev–Trinajstić information content (AvgIpc) is 3.18. The van der Waals surface area contributed by atoms with Gasteiger partial charge in [0.05, 0.1) is 0 Å². The molecule has 0 N–H and O–H groups in total. The lowest BCUT2D eigenvalue weighted by atomic mass is 10.0. The van der Waals surface area contributed by atoms with Crippen molar-refractivity contribution in [3.05, 3.63) is 0 Å². The Hall–Kier alpha value is -1.59. The van der Waals surface area contributed by atoms with E-state index in [4.69, 9.17) is 14.2 Å². The molecule has 0 aromatic heterocycles. The van der Waals surface area contributed by atoms with Gasteiger partial charge in [-0.25, -0.2) is 0 Å². The molecule has 0 heterocycles. The molecule has 0 aliphatic heterocycles. The molecular formula is C50H96O6. The molecule has 0 aliphatic rings. The number of unbranched alkanes of at least 4 members (excludes halogenated alkanes) is 32. The molecule has 0 spiro atoms. The van der Waals surface area contributed by atoms with Crippen molar-refractivity contribution in [2.75, 3.05) is 13.2 Å². The fourth-order valence-corrected chi connectivity index (χ4v) is 7.51. The minimum atomic E-state index is -0.759. The van der Waals surface area contributed by atoms with Crippen molar-refractivity contribution in [1.29, 1.82) is 0 Å². The quantitative estimate of drug-likeness (QED) is 0.0347. The maximum absolute atomic E-state index is 12.7. The minimum absolute atomic E-state index is 0.0637. The fourth-order valence-electron chi connectivity index (χ4n) is 7.51. The Bertz CT molecular complexity index is 841. The summed E-state index contributed by atoms with van der Waals surface area (Å²) in [6.07, 6.45) is 45.3. The molecule has 0 fully saturated rings. The van der Waals surface area contributed by atoms with Crippen molar-refractivity contribution in [3.8, 4) is 0 Å². The Balaban J connectivity index is 4.19. The van der Waals surface area contributed by atoms with Gasteiger partial charge in [-0.3, -0.25) is 14.4 Å². The topological polar surface area (TPSA) is 78.9 Å². The van der Waals surface area contributed by atoms with Crippen LogP contribution in [0.2, 0.25) is 0 Å². The SMILES string of the molecule is CCCCCCCCCCCCCCCCCCCCC(=O)OC[C@@H](COC(=O)CCCCCCCCC)OC(=O)CCCCCCCCCCCCC(C)C. The second-order valence-electron chi connectivity index (χ2n) is 17.6. The summed E-state index contributed by atoms with van der Waals surface area (Å²) in [5.41, 5.74) is 0. The Morgan fingerprint density at radius 2 is 0.589 bits per heavy atom. The highest BCUT2D eigenvalue weighted by Crippen LogP contribution is 2.17. The highest BCUT2D eigenvalue weighted by molar-refractivity contribution is 5.71. The summed E-state index contributed by atoms with van der Waals surface area (Å²) in [4.78, 5) is 37.7. The molecule has 0 saturated carbocycles. The molecular weight excluding hydrogens is 697 g/mol. The number of carbonyl (C=O) groups is 3. The van der Waals surface area contributed by atoms with Gasteiger partial charge in [-0.2, -0.15) is 0 Å². The fraction of sp³-hybridized carbons (Fsp3) is 0.940. The number of ether oxygens (including phenoxy) is 3. The molecule has 0 amide bonds. The highest BCUT2D eigenvalue weighted by atomic mass is 16.6. The van der Waals surface area contributed by atoms with Crippen LogP contribution in [0.4, 0.5) is 0 Å². The summed E-state index contributed by atoms with van der Waals surface area (Å²) in [6.45, 7) is 8.97. The first-order valence-corrected chi connectivity index (χ1v) is 24.9. The van der Waals surface area contributed by atoms with Gasteiger partial charge in [-0.05, 0) is 25.2 Å². The molecule has 0 unspecified atom stereocenters. The first-order chi connectivity index (χ1) is 27.4. The number of hydrogen-bond donors (Lipinski definition) is 0. The van der Waals surface area contributed by atoms with Crippen LogP contribution in [-0.4, -0.2) is 37.2 Å². The average molecular weight is 793 g/mol. The zero-order valence-electron chi connectivity index (χ0n) is 38.1. The van der Waals surface area contributed by atoms with E-state index in [9.17, 15) is 14.4 Å². The molecule has 6 heteroatoms. The van der Waals surface area contributed by atoms with Gasteiger partial charge in [-0.1, -0.05) is 240 Å². The summed E-state index contributed by atoms with van der Waals surface area (Å²) >= 11 is 0. The number of esters is 3. The highest BCUT2D eigenvalue weighted by Gasteiger charge is 2.19. The summed E-state index contributed by atoms with van der Waals surface area (Å²) in [6, 6.07) is 0. The Kier molecular flexibility index (Phi) is 43.2. The van der Waals surface area contributed by atoms with Gasteiger partial charge in [0.25, 0.3) is 0 Å². The summed E-state index contributed by atoms with van der Waals surface area (Å²) in [5.74, 6) is -0.0391. The van der Waals surface area contributed by atoms with Crippen LogP contribution in [0.1, 0.15) is 278 Å². The van der Waals surface area contributed by atoms with Crippen LogP contribution in [-0.2, 0) is 28.6 Å². The third-order valence-corrected chi connectivity index (χ3v) is 11.3. The van der Waals surface area contributed by atoms with Crippen LogP contribution in [0, 0.1) is 5.92 Å². The Labute approximate surface area is 348 Å². The maximum atomic E-state index is 12.7. The second kappa shape index (κ2) is 44.5. The van der Waals surface area contributed by atoms with Crippen molar-refractivity contribution < 1.29 is 28.6 Å². The standard InChI is InChI=1S/C50H96O6/c1-5-7-9-11-13-14-15-16-17-18-19-20-21-22-26-30-34-38-42-49(52)55-45-47(44-54-48(51)41-37-33-28-12-10-8-6-2)56-50(53)43-39-35-31-27-24-23-25-29-32-36-40-46(3)4/h46-47H,5-45H2,1-4H3/t47-/m1/s1. The monoisotopic (exact) mass is 793 g/mol. The van der Waals surface area contributed by atoms with Crippen molar-refractivity contribution in [3.63, 3.8) is 0 Å². The van der Waals surface area contributed by atoms with Crippen LogP contribution in [0.25, 0.3) is 0 Å². The zero-order chi connectivity index (χ0) is 41.0.